The van der Waals surface area contributed by atoms with Crippen LogP contribution in [0.5, 0.6) is 0 Å². The Bertz CT molecular complexity index is 615. The number of likely N-dealkylation sites (tertiary alicyclic amines) is 1. The molecule has 130 valence electrons. The van der Waals surface area contributed by atoms with Crippen LogP contribution in [0.1, 0.15) is 30.8 Å². The molecule has 1 spiro atoms. The number of furan rings is 2. The lowest BCUT2D eigenvalue weighted by Crippen LogP contribution is -2.44. The van der Waals surface area contributed by atoms with E-state index in [0.717, 1.165) is 63.6 Å². The molecule has 0 aromatic carbocycles. The largest absolute Gasteiger partial charge is 0.468 e. The first kappa shape index (κ1) is 15.9. The highest BCUT2D eigenvalue weighted by atomic mass is 16.5. The molecule has 0 amide bonds. The first-order chi connectivity index (χ1) is 11.7. The van der Waals surface area contributed by atoms with Crippen LogP contribution in [0.2, 0.25) is 0 Å². The second-order valence-electron chi connectivity index (χ2n) is 7.20. The van der Waals surface area contributed by atoms with Crippen molar-refractivity contribution in [1.82, 2.24) is 9.80 Å². The fourth-order valence-electron chi connectivity index (χ4n) is 3.97. The normalized spacial score (nSPS) is 24.2. The number of rotatable bonds is 5. The molecule has 1 unspecified atom stereocenters. The summed E-state index contributed by atoms with van der Waals surface area (Å²) in [5, 5.41) is 0. The van der Waals surface area contributed by atoms with E-state index in [9.17, 15) is 0 Å². The minimum absolute atomic E-state index is 0.0712. The summed E-state index contributed by atoms with van der Waals surface area (Å²) in [6.45, 7) is 4.74. The van der Waals surface area contributed by atoms with Crippen molar-refractivity contribution >= 4 is 0 Å². The van der Waals surface area contributed by atoms with Gasteiger partial charge in [0.15, 0.2) is 0 Å². The standard InChI is InChI=1S/C19H26N2O3/c1-20(13-17-4-2-10-22-17)16-12-19(24-15-16)6-8-21(9-7-19)14-18-5-3-11-23-18/h2-5,10-11,16H,6-9,12-15H2,1H3. The lowest BCUT2D eigenvalue weighted by Gasteiger charge is -2.38. The number of ether oxygens (including phenoxy) is 1. The summed E-state index contributed by atoms with van der Waals surface area (Å²) in [6, 6.07) is 8.47. The summed E-state index contributed by atoms with van der Waals surface area (Å²) in [7, 11) is 2.17. The number of hydrogen-bond donors (Lipinski definition) is 0. The van der Waals surface area contributed by atoms with Crippen LogP contribution in [-0.4, -0.2) is 48.2 Å². The molecule has 0 bridgehead atoms. The Kier molecular flexibility index (Phi) is 4.48. The predicted molar refractivity (Wildman–Crippen MR) is 90.5 cm³/mol. The van der Waals surface area contributed by atoms with Crippen molar-refractivity contribution in [3.63, 3.8) is 0 Å². The molecule has 24 heavy (non-hydrogen) atoms. The van der Waals surface area contributed by atoms with Crippen molar-refractivity contribution in [1.29, 1.82) is 0 Å². The summed E-state index contributed by atoms with van der Waals surface area (Å²) < 4.78 is 17.2. The van der Waals surface area contributed by atoms with Crippen LogP contribution in [0.15, 0.2) is 45.6 Å². The van der Waals surface area contributed by atoms with Crippen molar-refractivity contribution in [2.45, 2.75) is 44.0 Å². The lowest BCUT2D eigenvalue weighted by atomic mass is 9.87. The van der Waals surface area contributed by atoms with Crippen LogP contribution in [0.3, 0.4) is 0 Å². The summed E-state index contributed by atoms with van der Waals surface area (Å²) in [6.07, 6.45) is 6.83. The summed E-state index contributed by atoms with van der Waals surface area (Å²) in [4.78, 5) is 4.83. The van der Waals surface area contributed by atoms with Gasteiger partial charge in [-0.2, -0.15) is 0 Å². The summed E-state index contributed by atoms with van der Waals surface area (Å²) in [5.74, 6) is 2.07. The monoisotopic (exact) mass is 330 g/mol. The van der Waals surface area contributed by atoms with Crippen molar-refractivity contribution in [3.05, 3.63) is 48.3 Å². The minimum atomic E-state index is 0.0712. The second-order valence-corrected chi connectivity index (χ2v) is 7.20. The Hall–Kier alpha value is -1.56. The topological polar surface area (TPSA) is 42.0 Å². The van der Waals surface area contributed by atoms with Gasteiger partial charge in [-0.25, -0.2) is 0 Å². The Labute approximate surface area is 143 Å². The van der Waals surface area contributed by atoms with E-state index in [4.69, 9.17) is 13.6 Å². The molecule has 0 aliphatic carbocycles. The van der Waals surface area contributed by atoms with Crippen LogP contribution in [-0.2, 0) is 17.8 Å². The highest BCUT2D eigenvalue weighted by Gasteiger charge is 2.43. The summed E-state index contributed by atoms with van der Waals surface area (Å²) in [5.41, 5.74) is 0.0712. The molecule has 5 heteroatoms. The molecule has 2 saturated heterocycles. The van der Waals surface area contributed by atoms with Crippen LogP contribution < -0.4 is 0 Å². The fraction of sp³-hybridized carbons (Fsp3) is 0.579. The average Bonchev–Trinajstić information content (AvgIpc) is 3.33. The zero-order valence-electron chi connectivity index (χ0n) is 14.3. The lowest BCUT2D eigenvalue weighted by molar-refractivity contribution is -0.0461. The molecule has 2 aliphatic rings. The van der Waals surface area contributed by atoms with Gasteiger partial charge in [0.25, 0.3) is 0 Å². The first-order valence-corrected chi connectivity index (χ1v) is 8.84. The predicted octanol–water partition coefficient (Wildman–Crippen LogP) is 3.13. The van der Waals surface area contributed by atoms with Gasteiger partial charge in [0.05, 0.1) is 37.8 Å². The van der Waals surface area contributed by atoms with E-state index < -0.39 is 0 Å². The van der Waals surface area contributed by atoms with E-state index in [1.807, 2.05) is 18.2 Å². The molecule has 2 aliphatic heterocycles. The van der Waals surface area contributed by atoms with Gasteiger partial charge in [-0.3, -0.25) is 9.80 Å². The van der Waals surface area contributed by atoms with Gasteiger partial charge in [0.2, 0.25) is 0 Å². The second kappa shape index (κ2) is 6.75. The Morgan fingerprint density at radius 3 is 2.50 bits per heavy atom. The van der Waals surface area contributed by atoms with Crippen molar-refractivity contribution in [3.8, 4) is 0 Å². The molecular weight excluding hydrogens is 304 g/mol. The molecule has 5 nitrogen and oxygen atoms in total. The third kappa shape index (κ3) is 3.43. The molecule has 2 aromatic rings. The van der Waals surface area contributed by atoms with Gasteiger partial charge >= 0.3 is 0 Å². The van der Waals surface area contributed by atoms with Crippen LogP contribution in [0, 0.1) is 0 Å². The smallest absolute Gasteiger partial charge is 0.117 e. The van der Waals surface area contributed by atoms with Crippen molar-refractivity contribution in [2.75, 3.05) is 26.7 Å². The van der Waals surface area contributed by atoms with Crippen LogP contribution in [0.25, 0.3) is 0 Å². The highest BCUT2D eigenvalue weighted by molar-refractivity contribution is 5.02. The van der Waals surface area contributed by atoms with E-state index >= 15 is 0 Å². The van der Waals surface area contributed by atoms with E-state index in [1.165, 1.54) is 0 Å². The third-order valence-corrected chi connectivity index (χ3v) is 5.53. The van der Waals surface area contributed by atoms with E-state index in [0.29, 0.717) is 6.04 Å². The molecule has 2 aromatic heterocycles. The molecular formula is C19H26N2O3. The quantitative estimate of drug-likeness (QED) is 0.842. The highest BCUT2D eigenvalue weighted by Crippen LogP contribution is 2.38. The number of likely N-dealkylation sites (N-methyl/N-ethyl adjacent to an activating group) is 1. The Balaban J connectivity index is 1.28. The molecule has 1 atom stereocenters. The SMILES string of the molecule is CN(Cc1ccco1)C1COC2(CCN(Cc3ccco3)CC2)C1. The average molecular weight is 330 g/mol. The van der Waals surface area contributed by atoms with Gasteiger partial charge < -0.3 is 13.6 Å². The van der Waals surface area contributed by atoms with Crippen LogP contribution in [0.4, 0.5) is 0 Å². The van der Waals surface area contributed by atoms with E-state index in [-0.39, 0.29) is 5.60 Å². The zero-order chi connectivity index (χ0) is 16.4. The third-order valence-electron chi connectivity index (χ3n) is 5.53. The molecule has 0 radical (unpaired) electrons. The Morgan fingerprint density at radius 2 is 1.83 bits per heavy atom. The molecule has 4 heterocycles. The van der Waals surface area contributed by atoms with Gasteiger partial charge in [0.1, 0.15) is 11.5 Å². The minimum Gasteiger partial charge on any atom is -0.468 e. The number of piperidine rings is 1. The van der Waals surface area contributed by atoms with Gasteiger partial charge in [-0.15, -0.1) is 0 Å². The van der Waals surface area contributed by atoms with Gasteiger partial charge in [-0.1, -0.05) is 0 Å². The van der Waals surface area contributed by atoms with Gasteiger partial charge in [0, 0.05) is 19.1 Å². The zero-order valence-corrected chi connectivity index (χ0v) is 14.3. The maximum atomic E-state index is 6.30. The fourth-order valence-corrected chi connectivity index (χ4v) is 3.97. The molecule has 4 rings (SSSR count). The van der Waals surface area contributed by atoms with E-state index in [2.05, 4.69) is 22.9 Å². The molecule has 0 N–H and O–H groups in total. The van der Waals surface area contributed by atoms with Crippen LogP contribution >= 0.6 is 0 Å². The molecule has 0 saturated carbocycles. The van der Waals surface area contributed by atoms with Gasteiger partial charge in [-0.05, 0) is 50.6 Å². The van der Waals surface area contributed by atoms with E-state index in [1.54, 1.807) is 12.5 Å². The first-order valence-electron chi connectivity index (χ1n) is 8.84. The Morgan fingerprint density at radius 1 is 1.12 bits per heavy atom. The summed E-state index contributed by atoms with van der Waals surface area (Å²) >= 11 is 0. The maximum Gasteiger partial charge on any atom is 0.117 e. The van der Waals surface area contributed by atoms with Crippen molar-refractivity contribution < 1.29 is 13.6 Å². The molecule has 2 fully saturated rings. The van der Waals surface area contributed by atoms with Crippen molar-refractivity contribution in [2.24, 2.45) is 0 Å². The maximum absolute atomic E-state index is 6.30. The number of hydrogen-bond acceptors (Lipinski definition) is 5. The number of nitrogens with zero attached hydrogens (tertiary/aromatic N) is 2.